The second-order valence-corrected chi connectivity index (χ2v) is 6.30. The number of halogens is 1. The van der Waals surface area contributed by atoms with Crippen LogP contribution in [-0.2, 0) is 13.0 Å². The van der Waals surface area contributed by atoms with Gasteiger partial charge in [0.15, 0.2) is 5.96 Å². The van der Waals surface area contributed by atoms with E-state index in [2.05, 4.69) is 43.3 Å². The van der Waals surface area contributed by atoms with E-state index in [1.807, 2.05) is 12.1 Å². The molecule has 0 spiro atoms. The molecule has 0 atom stereocenters. The lowest BCUT2D eigenvalue weighted by atomic mass is 10.3. The largest absolute Gasteiger partial charge is 0.467 e. The van der Waals surface area contributed by atoms with Crippen LogP contribution in [0.3, 0.4) is 0 Å². The normalized spacial score (nSPS) is 15.2. The molecule has 1 saturated heterocycles. The molecule has 0 unspecified atom stereocenters. The molecule has 3 heterocycles. The molecule has 2 aromatic heterocycles. The van der Waals surface area contributed by atoms with Gasteiger partial charge < -0.3 is 19.5 Å². The third-order valence-corrected chi connectivity index (χ3v) is 4.74. The van der Waals surface area contributed by atoms with Gasteiger partial charge in [0.2, 0.25) is 5.13 Å². The van der Waals surface area contributed by atoms with Crippen LogP contribution in [0.15, 0.2) is 27.8 Å². The Labute approximate surface area is 169 Å². The monoisotopic (exact) mass is 476 g/mol. The maximum absolute atomic E-state index is 5.36. The van der Waals surface area contributed by atoms with Crippen LogP contribution >= 0.6 is 35.5 Å². The summed E-state index contributed by atoms with van der Waals surface area (Å²) in [7, 11) is 0. The molecule has 0 saturated carbocycles. The highest BCUT2D eigenvalue weighted by molar-refractivity contribution is 14.0. The summed E-state index contributed by atoms with van der Waals surface area (Å²) in [5.41, 5.74) is 0. The molecular formula is C16H25IN6OS. The molecule has 1 fully saturated rings. The molecular weight excluding hydrogens is 451 g/mol. The Morgan fingerprint density at radius 2 is 2.12 bits per heavy atom. The molecule has 1 N–H and O–H groups in total. The first-order valence-corrected chi connectivity index (χ1v) is 9.20. The Hall–Kier alpha value is -1.36. The summed E-state index contributed by atoms with van der Waals surface area (Å²) in [6.45, 7) is 9.30. The quantitative estimate of drug-likeness (QED) is 0.407. The number of hydrogen-bond donors (Lipinski definition) is 1. The molecule has 0 aliphatic carbocycles. The summed E-state index contributed by atoms with van der Waals surface area (Å²) < 4.78 is 9.74. The molecule has 3 rings (SSSR count). The number of rotatable bonds is 5. The number of piperazine rings is 1. The third kappa shape index (κ3) is 5.30. The first-order valence-electron chi connectivity index (χ1n) is 8.43. The molecule has 0 radical (unpaired) electrons. The van der Waals surface area contributed by atoms with Crippen molar-refractivity contribution < 1.29 is 4.42 Å². The van der Waals surface area contributed by atoms with Crippen molar-refractivity contribution in [1.82, 2.24) is 19.6 Å². The Kier molecular flexibility index (Phi) is 7.94. The number of nitrogens with one attached hydrogen (secondary N) is 1. The van der Waals surface area contributed by atoms with Gasteiger partial charge in [-0.3, -0.25) is 0 Å². The fourth-order valence-electron chi connectivity index (χ4n) is 2.61. The fraction of sp³-hybridized carbons (Fsp3) is 0.562. The fourth-order valence-corrected chi connectivity index (χ4v) is 3.41. The van der Waals surface area contributed by atoms with Gasteiger partial charge in [-0.1, -0.05) is 6.92 Å². The second kappa shape index (κ2) is 9.95. The van der Waals surface area contributed by atoms with Crippen molar-refractivity contribution in [3.63, 3.8) is 0 Å². The van der Waals surface area contributed by atoms with Crippen molar-refractivity contribution in [2.75, 3.05) is 37.6 Å². The predicted molar refractivity (Wildman–Crippen MR) is 112 cm³/mol. The van der Waals surface area contributed by atoms with E-state index in [9.17, 15) is 0 Å². The summed E-state index contributed by atoms with van der Waals surface area (Å²) in [6.07, 6.45) is 2.57. The lowest BCUT2D eigenvalue weighted by Crippen LogP contribution is -2.52. The van der Waals surface area contributed by atoms with E-state index < -0.39 is 0 Å². The van der Waals surface area contributed by atoms with E-state index in [1.165, 1.54) is 11.5 Å². The summed E-state index contributed by atoms with van der Waals surface area (Å²) >= 11 is 1.50. The van der Waals surface area contributed by atoms with Gasteiger partial charge in [-0.15, -0.1) is 24.0 Å². The number of aryl methyl sites for hydroxylation is 1. The van der Waals surface area contributed by atoms with Crippen LogP contribution in [0.5, 0.6) is 0 Å². The molecule has 9 heteroatoms. The Balaban J connectivity index is 0.00000225. The standard InChI is InChI=1S/C16H24N6OS.HI/c1-3-14-19-16(24-20-14)22-9-7-21(8-10-22)15(17-4-2)18-12-13-6-5-11-23-13;/h5-6,11H,3-4,7-10,12H2,1-2H3,(H,17,18);1H. The molecule has 138 valence electrons. The van der Waals surface area contributed by atoms with Crippen LogP contribution in [0.1, 0.15) is 25.4 Å². The van der Waals surface area contributed by atoms with Gasteiger partial charge >= 0.3 is 0 Å². The van der Waals surface area contributed by atoms with Gasteiger partial charge in [0, 0.05) is 50.7 Å². The van der Waals surface area contributed by atoms with Gasteiger partial charge in [-0.2, -0.15) is 4.37 Å². The minimum Gasteiger partial charge on any atom is -0.467 e. The Morgan fingerprint density at radius 3 is 2.72 bits per heavy atom. The SMILES string of the molecule is CCNC(=NCc1ccco1)N1CCN(c2nc(CC)ns2)CC1.I. The van der Waals surface area contributed by atoms with Crippen LogP contribution in [-0.4, -0.2) is 52.9 Å². The van der Waals surface area contributed by atoms with Crippen molar-refractivity contribution in [3.05, 3.63) is 30.0 Å². The lowest BCUT2D eigenvalue weighted by molar-refractivity contribution is 0.371. The summed E-state index contributed by atoms with van der Waals surface area (Å²) in [5.74, 6) is 2.76. The summed E-state index contributed by atoms with van der Waals surface area (Å²) in [4.78, 5) is 13.9. The maximum Gasteiger partial charge on any atom is 0.205 e. The van der Waals surface area contributed by atoms with Crippen LogP contribution in [0.4, 0.5) is 5.13 Å². The number of hydrogen-bond acceptors (Lipinski definition) is 6. The average Bonchev–Trinajstić information content (AvgIpc) is 3.30. The molecule has 2 aromatic rings. The van der Waals surface area contributed by atoms with Crippen LogP contribution in [0, 0.1) is 0 Å². The minimum absolute atomic E-state index is 0. The zero-order valence-corrected chi connectivity index (χ0v) is 17.8. The van der Waals surface area contributed by atoms with E-state index in [0.29, 0.717) is 6.54 Å². The molecule has 0 amide bonds. The van der Waals surface area contributed by atoms with Gasteiger partial charge in [0.1, 0.15) is 18.1 Å². The van der Waals surface area contributed by atoms with E-state index in [1.54, 1.807) is 6.26 Å². The minimum atomic E-state index is 0. The third-order valence-electron chi connectivity index (χ3n) is 3.92. The zero-order valence-electron chi connectivity index (χ0n) is 14.6. The highest BCUT2D eigenvalue weighted by atomic mass is 127. The number of furan rings is 1. The average molecular weight is 476 g/mol. The number of aromatic nitrogens is 2. The van der Waals surface area contributed by atoms with Gasteiger partial charge in [0.05, 0.1) is 6.26 Å². The van der Waals surface area contributed by atoms with E-state index in [4.69, 9.17) is 4.42 Å². The number of aliphatic imine (C=N–C) groups is 1. The van der Waals surface area contributed by atoms with Crippen LogP contribution in [0.2, 0.25) is 0 Å². The summed E-state index contributed by atoms with van der Waals surface area (Å²) in [6, 6.07) is 3.84. The highest BCUT2D eigenvalue weighted by Crippen LogP contribution is 2.19. The maximum atomic E-state index is 5.36. The van der Waals surface area contributed by atoms with Crippen molar-refractivity contribution in [2.24, 2.45) is 4.99 Å². The van der Waals surface area contributed by atoms with Crippen LogP contribution < -0.4 is 10.2 Å². The smallest absolute Gasteiger partial charge is 0.205 e. The van der Waals surface area contributed by atoms with Gasteiger partial charge in [0.25, 0.3) is 0 Å². The number of guanidine groups is 1. The Morgan fingerprint density at radius 1 is 1.32 bits per heavy atom. The molecule has 25 heavy (non-hydrogen) atoms. The molecule has 0 aromatic carbocycles. The first-order chi connectivity index (χ1) is 11.8. The Bertz CT molecular complexity index is 651. The first kappa shape index (κ1) is 20.0. The highest BCUT2D eigenvalue weighted by Gasteiger charge is 2.22. The van der Waals surface area contributed by atoms with Crippen molar-refractivity contribution in [1.29, 1.82) is 0 Å². The second-order valence-electron chi connectivity index (χ2n) is 5.57. The number of anilines is 1. The van der Waals surface area contributed by atoms with Crippen molar-refractivity contribution >= 4 is 46.6 Å². The lowest BCUT2D eigenvalue weighted by Gasteiger charge is -2.36. The van der Waals surface area contributed by atoms with E-state index >= 15 is 0 Å². The molecule has 0 bridgehead atoms. The van der Waals surface area contributed by atoms with Crippen molar-refractivity contribution in [3.8, 4) is 0 Å². The van der Waals surface area contributed by atoms with Gasteiger partial charge in [-0.25, -0.2) is 9.98 Å². The van der Waals surface area contributed by atoms with E-state index in [-0.39, 0.29) is 24.0 Å². The summed E-state index contributed by atoms with van der Waals surface area (Å²) in [5, 5.41) is 4.40. The topological polar surface area (TPSA) is 69.8 Å². The molecule has 7 nitrogen and oxygen atoms in total. The number of nitrogens with zero attached hydrogens (tertiary/aromatic N) is 5. The molecule has 1 aliphatic rings. The predicted octanol–water partition coefficient (Wildman–Crippen LogP) is 2.60. The molecule has 1 aliphatic heterocycles. The van der Waals surface area contributed by atoms with Crippen LogP contribution in [0.25, 0.3) is 0 Å². The van der Waals surface area contributed by atoms with Crippen molar-refractivity contribution in [2.45, 2.75) is 26.8 Å². The van der Waals surface area contributed by atoms with E-state index in [0.717, 1.165) is 61.8 Å². The van der Waals surface area contributed by atoms with Gasteiger partial charge in [-0.05, 0) is 19.1 Å². The zero-order chi connectivity index (χ0) is 16.8.